The third-order valence-electron chi connectivity index (χ3n) is 3.62. The highest BCUT2D eigenvalue weighted by molar-refractivity contribution is 5.66. The van der Waals surface area contributed by atoms with Crippen LogP contribution in [-0.4, -0.2) is 34.1 Å². The lowest BCUT2D eigenvalue weighted by atomic mass is 9.98. The molecule has 1 N–H and O–H groups in total. The first-order valence-electron chi connectivity index (χ1n) is 6.50. The van der Waals surface area contributed by atoms with Crippen LogP contribution in [0.15, 0.2) is 17.7 Å². The van der Waals surface area contributed by atoms with Gasteiger partial charge < -0.3 is 10.0 Å². The van der Waals surface area contributed by atoms with E-state index in [2.05, 4.69) is 0 Å². The predicted octanol–water partition coefficient (Wildman–Crippen LogP) is 3.20. The minimum Gasteiger partial charge on any atom is -0.465 e. The van der Waals surface area contributed by atoms with Crippen molar-refractivity contribution in [3.05, 3.63) is 44.8 Å². The molecule has 1 aliphatic heterocycles. The topological polar surface area (TPSA) is 83.7 Å². The van der Waals surface area contributed by atoms with Crippen LogP contribution >= 0.6 is 0 Å². The lowest BCUT2D eigenvalue weighted by Crippen LogP contribution is -2.35. The minimum absolute atomic E-state index is 0.246. The molecule has 0 radical (unpaired) electrons. The number of amides is 1. The molecule has 21 heavy (non-hydrogen) atoms. The Morgan fingerprint density at radius 1 is 1.43 bits per heavy atom. The molecule has 0 unspecified atom stereocenters. The molecular weight excluding hydrogens is 279 g/mol. The van der Waals surface area contributed by atoms with Crippen molar-refractivity contribution in [2.24, 2.45) is 0 Å². The Bertz CT molecular complexity index is 618. The largest absolute Gasteiger partial charge is 0.465 e. The molecule has 1 fully saturated rings. The van der Waals surface area contributed by atoms with E-state index in [-0.39, 0.29) is 5.69 Å². The van der Waals surface area contributed by atoms with Crippen LogP contribution in [0.25, 0.3) is 6.08 Å². The van der Waals surface area contributed by atoms with E-state index in [9.17, 15) is 19.3 Å². The summed E-state index contributed by atoms with van der Waals surface area (Å²) in [4.78, 5) is 22.4. The van der Waals surface area contributed by atoms with Gasteiger partial charge in [0.1, 0.15) is 5.82 Å². The van der Waals surface area contributed by atoms with E-state index in [4.69, 9.17) is 5.11 Å². The molecule has 112 valence electrons. The van der Waals surface area contributed by atoms with E-state index in [0.29, 0.717) is 37.1 Å². The van der Waals surface area contributed by atoms with Gasteiger partial charge in [0.25, 0.3) is 5.69 Å². The van der Waals surface area contributed by atoms with Crippen LogP contribution in [-0.2, 0) is 0 Å². The second kappa shape index (κ2) is 5.90. The van der Waals surface area contributed by atoms with Crippen LogP contribution in [0.5, 0.6) is 0 Å². The van der Waals surface area contributed by atoms with Crippen molar-refractivity contribution in [2.75, 3.05) is 13.1 Å². The lowest BCUT2D eigenvalue weighted by Gasteiger charge is -2.25. The fourth-order valence-corrected chi connectivity index (χ4v) is 2.37. The first kappa shape index (κ1) is 15.0. The molecule has 1 amide bonds. The zero-order valence-corrected chi connectivity index (χ0v) is 11.5. The Labute approximate surface area is 120 Å². The number of halogens is 1. The van der Waals surface area contributed by atoms with Gasteiger partial charge in [-0.15, -0.1) is 0 Å². The third kappa shape index (κ3) is 3.36. The molecule has 0 atom stereocenters. The molecule has 1 heterocycles. The summed E-state index contributed by atoms with van der Waals surface area (Å²) in [6.07, 6.45) is 1.88. The van der Waals surface area contributed by atoms with Gasteiger partial charge in [0.2, 0.25) is 0 Å². The number of likely N-dealkylation sites (tertiary alicyclic amines) is 1. The van der Waals surface area contributed by atoms with E-state index in [1.54, 1.807) is 13.0 Å². The second-order valence-corrected chi connectivity index (χ2v) is 4.97. The fourth-order valence-electron chi connectivity index (χ4n) is 2.37. The smallest absolute Gasteiger partial charge is 0.407 e. The molecule has 2 rings (SSSR count). The van der Waals surface area contributed by atoms with E-state index in [1.165, 1.54) is 11.0 Å². The number of carbonyl (C=O) groups is 1. The van der Waals surface area contributed by atoms with Crippen molar-refractivity contribution in [1.82, 2.24) is 4.90 Å². The molecule has 7 heteroatoms. The maximum atomic E-state index is 13.5. The number of nitrogens with zero attached hydrogens (tertiary/aromatic N) is 2. The Kier molecular flexibility index (Phi) is 4.21. The van der Waals surface area contributed by atoms with Gasteiger partial charge in [-0.25, -0.2) is 9.18 Å². The summed E-state index contributed by atoms with van der Waals surface area (Å²) in [7, 11) is 0. The molecule has 1 aromatic rings. The van der Waals surface area contributed by atoms with Gasteiger partial charge in [-0.05, 0) is 31.4 Å². The van der Waals surface area contributed by atoms with Gasteiger partial charge in [-0.2, -0.15) is 0 Å². The van der Waals surface area contributed by atoms with Crippen LogP contribution in [0.2, 0.25) is 0 Å². The highest BCUT2D eigenvalue weighted by atomic mass is 19.1. The van der Waals surface area contributed by atoms with Crippen molar-refractivity contribution in [3.8, 4) is 0 Å². The van der Waals surface area contributed by atoms with Crippen molar-refractivity contribution in [2.45, 2.75) is 19.8 Å². The van der Waals surface area contributed by atoms with E-state index >= 15 is 0 Å². The SMILES string of the molecule is Cc1c(C=C2CCN(C(=O)O)CC2)cc(F)cc1[N+](=O)[O-]. The predicted molar refractivity (Wildman–Crippen MR) is 74.6 cm³/mol. The summed E-state index contributed by atoms with van der Waals surface area (Å²) in [5.74, 6) is -0.651. The van der Waals surface area contributed by atoms with Crippen molar-refractivity contribution in [1.29, 1.82) is 0 Å². The highest BCUT2D eigenvalue weighted by Crippen LogP contribution is 2.27. The molecule has 0 aliphatic carbocycles. The maximum Gasteiger partial charge on any atom is 0.407 e. The molecule has 0 aromatic heterocycles. The monoisotopic (exact) mass is 294 g/mol. The van der Waals surface area contributed by atoms with Crippen LogP contribution in [0.3, 0.4) is 0 Å². The third-order valence-corrected chi connectivity index (χ3v) is 3.62. The van der Waals surface area contributed by atoms with Crippen molar-refractivity contribution < 1.29 is 19.2 Å². The van der Waals surface area contributed by atoms with Gasteiger partial charge in [0.15, 0.2) is 0 Å². The van der Waals surface area contributed by atoms with Gasteiger partial charge in [-0.1, -0.05) is 11.6 Å². The number of piperidine rings is 1. The van der Waals surface area contributed by atoms with Gasteiger partial charge >= 0.3 is 6.09 Å². The second-order valence-electron chi connectivity index (χ2n) is 4.97. The van der Waals surface area contributed by atoms with Crippen molar-refractivity contribution in [3.63, 3.8) is 0 Å². The van der Waals surface area contributed by atoms with Crippen LogP contribution in [0, 0.1) is 22.9 Å². The number of carboxylic acid groups (broad SMARTS) is 1. The average molecular weight is 294 g/mol. The van der Waals surface area contributed by atoms with Crippen molar-refractivity contribution >= 4 is 17.9 Å². The van der Waals surface area contributed by atoms with Crippen LogP contribution < -0.4 is 0 Å². The van der Waals surface area contributed by atoms with Gasteiger partial charge in [0, 0.05) is 18.7 Å². The van der Waals surface area contributed by atoms with Gasteiger partial charge in [-0.3, -0.25) is 10.1 Å². The van der Waals surface area contributed by atoms with E-state index in [0.717, 1.165) is 11.6 Å². The summed E-state index contributed by atoms with van der Waals surface area (Å²) in [5, 5.41) is 19.8. The Morgan fingerprint density at radius 2 is 2.05 bits per heavy atom. The number of nitro groups is 1. The number of hydrogen-bond acceptors (Lipinski definition) is 3. The maximum absolute atomic E-state index is 13.5. The lowest BCUT2D eigenvalue weighted by molar-refractivity contribution is -0.385. The first-order valence-corrected chi connectivity index (χ1v) is 6.50. The Balaban J connectivity index is 2.26. The van der Waals surface area contributed by atoms with Crippen LogP contribution in [0.1, 0.15) is 24.0 Å². The quantitative estimate of drug-likeness (QED) is 0.670. The normalized spacial score (nSPS) is 15.0. The highest BCUT2D eigenvalue weighted by Gasteiger charge is 2.19. The number of rotatable bonds is 2. The molecule has 0 saturated carbocycles. The standard InChI is InChI=1S/C14H15FN2O4/c1-9-11(7-12(15)8-13(9)17(20)21)6-10-2-4-16(5-3-10)14(18)19/h6-8H,2-5H2,1H3,(H,18,19). The number of nitro benzene ring substituents is 1. The van der Waals surface area contributed by atoms with Gasteiger partial charge in [0.05, 0.1) is 11.0 Å². The van der Waals surface area contributed by atoms with E-state index in [1.807, 2.05) is 0 Å². The summed E-state index contributed by atoms with van der Waals surface area (Å²) >= 11 is 0. The molecule has 1 aliphatic rings. The Hall–Kier alpha value is -2.44. The molecule has 1 saturated heterocycles. The first-order chi connectivity index (χ1) is 9.88. The molecule has 0 bridgehead atoms. The zero-order chi connectivity index (χ0) is 15.6. The van der Waals surface area contributed by atoms with E-state index < -0.39 is 16.8 Å². The molecule has 0 spiro atoms. The molecule has 1 aromatic carbocycles. The molecular formula is C14H15FN2O4. The number of benzene rings is 1. The molecule has 6 nitrogen and oxygen atoms in total. The Morgan fingerprint density at radius 3 is 2.57 bits per heavy atom. The number of hydrogen-bond donors (Lipinski definition) is 1. The summed E-state index contributed by atoms with van der Waals surface area (Å²) in [6, 6.07) is 2.17. The minimum atomic E-state index is -0.952. The average Bonchev–Trinajstić information content (AvgIpc) is 2.42. The van der Waals surface area contributed by atoms with Crippen LogP contribution in [0.4, 0.5) is 14.9 Å². The zero-order valence-electron chi connectivity index (χ0n) is 11.5. The summed E-state index contributed by atoms with van der Waals surface area (Å²) in [5.41, 5.74) is 1.61. The summed E-state index contributed by atoms with van der Waals surface area (Å²) < 4.78 is 13.5. The fraction of sp³-hybridized carbons (Fsp3) is 0.357. The summed E-state index contributed by atoms with van der Waals surface area (Å²) in [6.45, 7) is 2.35.